The highest BCUT2D eigenvalue weighted by Crippen LogP contribution is 2.11. The van der Waals surface area contributed by atoms with Crippen molar-refractivity contribution in [3.05, 3.63) is 46.5 Å². The molecule has 1 N–H and O–H groups in total. The summed E-state index contributed by atoms with van der Waals surface area (Å²) in [7, 11) is 0. The first-order chi connectivity index (χ1) is 6.33. The largest absolute Gasteiger partial charge is 0.396 e. The maximum Gasteiger partial charge on any atom is 0.0465 e. The quantitative estimate of drug-likeness (QED) is 0.803. The van der Waals surface area contributed by atoms with Crippen molar-refractivity contribution in [1.82, 2.24) is 0 Å². The zero-order chi connectivity index (χ0) is 9.52. The van der Waals surface area contributed by atoms with Gasteiger partial charge in [0.25, 0.3) is 0 Å². The Hall–Kier alpha value is -0.600. The minimum atomic E-state index is 0.233. The molecular formula is C11H13BrO. The van der Waals surface area contributed by atoms with Crippen molar-refractivity contribution in [3.8, 4) is 0 Å². The van der Waals surface area contributed by atoms with Crippen molar-refractivity contribution in [2.45, 2.75) is 12.8 Å². The van der Waals surface area contributed by atoms with Gasteiger partial charge in [-0.15, -0.1) is 0 Å². The van der Waals surface area contributed by atoms with Gasteiger partial charge in [-0.3, -0.25) is 0 Å². The van der Waals surface area contributed by atoms with Crippen molar-refractivity contribution in [1.29, 1.82) is 0 Å². The summed E-state index contributed by atoms with van der Waals surface area (Å²) >= 11 is 3.39. The van der Waals surface area contributed by atoms with Crippen LogP contribution in [0.3, 0.4) is 0 Å². The second kappa shape index (κ2) is 5.95. The van der Waals surface area contributed by atoms with Crippen LogP contribution in [0.4, 0.5) is 0 Å². The molecule has 0 atom stereocenters. The van der Waals surface area contributed by atoms with E-state index in [2.05, 4.69) is 34.1 Å². The molecule has 1 rings (SSSR count). The van der Waals surface area contributed by atoms with Crippen LogP contribution >= 0.6 is 15.9 Å². The van der Waals surface area contributed by atoms with Crippen LogP contribution in [0.15, 0.2) is 40.9 Å². The zero-order valence-corrected chi connectivity index (χ0v) is 9.00. The Balaban J connectivity index is 2.41. The van der Waals surface area contributed by atoms with Gasteiger partial charge in [0, 0.05) is 11.1 Å². The maximum absolute atomic E-state index is 8.54. The number of hydrogen-bond acceptors (Lipinski definition) is 1. The van der Waals surface area contributed by atoms with Crippen LogP contribution < -0.4 is 0 Å². The number of hydrogen-bond donors (Lipinski definition) is 1. The standard InChI is InChI=1S/C11H13BrO/c12-11-7-5-10(6-8-11)4-2-1-3-9-13/h1-2,5-8,13H,3-4,9H2/b2-1-. The highest BCUT2D eigenvalue weighted by atomic mass is 79.9. The molecule has 0 saturated heterocycles. The van der Waals surface area contributed by atoms with Crippen LogP contribution in [0.2, 0.25) is 0 Å². The predicted octanol–water partition coefficient (Wildman–Crippen LogP) is 2.93. The molecule has 13 heavy (non-hydrogen) atoms. The molecule has 0 aromatic heterocycles. The van der Waals surface area contributed by atoms with Gasteiger partial charge in [-0.1, -0.05) is 40.2 Å². The van der Waals surface area contributed by atoms with E-state index in [1.807, 2.05) is 18.2 Å². The predicted molar refractivity (Wildman–Crippen MR) is 58.7 cm³/mol. The zero-order valence-electron chi connectivity index (χ0n) is 7.41. The molecule has 1 aromatic carbocycles. The van der Waals surface area contributed by atoms with E-state index in [-0.39, 0.29) is 6.61 Å². The third-order valence-corrected chi connectivity index (χ3v) is 2.26. The lowest BCUT2D eigenvalue weighted by Gasteiger charge is -1.95. The van der Waals surface area contributed by atoms with E-state index in [4.69, 9.17) is 5.11 Å². The van der Waals surface area contributed by atoms with Crippen LogP contribution in [-0.2, 0) is 6.42 Å². The summed E-state index contributed by atoms with van der Waals surface area (Å²) in [6.45, 7) is 0.233. The second-order valence-corrected chi connectivity index (χ2v) is 3.73. The second-order valence-electron chi connectivity index (χ2n) is 2.81. The fourth-order valence-electron chi connectivity index (χ4n) is 1.03. The Bertz CT molecular complexity index is 264. The van der Waals surface area contributed by atoms with Crippen LogP contribution in [0.25, 0.3) is 0 Å². The van der Waals surface area contributed by atoms with Gasteiger partial charge in [0.15, 0.2) is 0 Å². The minimum absolute atomic E-state index is 0.233. The van der Waals surface area contributed by atoms with Gasteiger partial charge in [-0.25, -0.2) is 0 Å². The molecule has 1 aromatic rings. The minimum Gasteiger partial charge on any atom is -0.396 e. The Morgan fingerprint density at radius 1 is 1.15 bits per heavy atom. The van der Waals surface area contributed by atoms with Crippen LogP contribution in [0.5, 0.6) is 0 Å². The smallest absolute Gasteiger partial charge is 0.0465 e. The van der Waals surface area contributed by atoms with Crippen molar-refractivity contribution < 1.29 is 5.11 Å². The van der Waals surface area contributed by atoms with Gasteiger partial charge in [0.1, 0.15) is 0 Å². The van der Waals surface area contributed by atoms with Gasteiger partial charge in [-0.05, 0) is 30.5 Å². The first-order valence-electron chi connectivity index (χ1n) is 4.33. The third kappa shape index (κ3) is 4.25. The molecule has 70 valence electrons. The number of benzene rings is 1. The lowest BCUT2D eigenvalue weighted by Crippen LogP contribution is -1.81. The summed E-state index contributed by atoms with van der Waals surface area (Å²) in [6.07, 6.45) is 5.77. The fraction of sp³-hybridized carbons (Fsp3) is 0.273. The highest BCUT2D eigenvalue weighted by molar-refractivity contribution is 9.10. The monoisotopic (exact) mass is 240 g/mol. The number of aliphatic hydroxyl groups excluding tert-OH is 1. The summed E-state index contributed by atoms with van der Waals surface area (Å²) in [5, 5.41) is 8.54. The van der Waals surface area contributed by atoms with Crippen molar-refractivity contribution >= 4 is 15.9 Å². The SMILES string of the molecule is OCC/C=C\Cc1ccc(Br)cc1. The number of rotatable bonds is 4. The van der Waals surface area contributed by atoms with Crippen molar-refractivity contribution in [2.75, 3.05) is 6.61 Å². The Morgan fingerprint density at radius 3 is 2.46 bits per heavy atom. The Labute approximate surface area is 87.2 Å². The Morgan fingerprint density at radius 2 is 1.85 bits per heavy atom. The molecule has 0 bridgehead atoms. The molecule has 0 spiro atoms. The van der Waals surface area contributed by atoms with Gasteiger partial charge < -0.3 is 5.11 Å². The summed E-state index contributed by atoms with van der Waals surface area (Å²) < 4.78 is 1.11. The Kier molecular flexibility index (Phi) is 4.79. The number of aliphatic hydroxyl groups is 1. The van der Waals surface area contributed by atoms with Gasteiger partial charge in [0.2, 0.25) is 0 Å². The van der Waals surface area contributed by atoms with Gasteiger partial charge in [0.05, 0.1) is 0 Å². The van der Waals surface area contributed by atoms with Crippen molar-refractivity contribution in [3.63, 3.8) is 0 Å². The average molecular weight is 241 g/mol. The molecule has 0 fully saturated rings. The normalized spacial score (nSPS) is 10.9. The van der Waals surface area contributed by atoms with E-state index in [0.717, 1.165) is 17.3 Å². The van der Waals surface area contributed by atoms with E-state index in [1.54, 1.807) is 0 Å². The molecular weight excluding hydrogens is 228 g/mol. The summed E-state index contributed by atoms with van der Waals surface area (Å²) in [5.41, 5.74) is 1.29. The molecule has 0 saturated carbocycles. The lowest BCUT2D eigenvalue weighted by atomic mass is 10.1. The van der Waals surface area contributed by atoms with E-state index in [1.165, 1.54) is 5.56 Å². The fourth-order valence-corrected chi connectivity index (χ4v) is 1.30. The van der Waals surface area contributed by atoms with Crippen LogP contribution in [0, 0.1) is 0 Å². The molecule has 0 aliphatic rings. The third-order valence-electron chi connectivity index (χ3n) is 1.73. The topological polar surface area (TPSA) is 20.2 Å². The summed E-state index contributed by atoms with van der Waals surface area (Å²) in [4.78, 5) is 0. The average Bonchev–Trinajstić information content (AvgIpc) is 2.15. The molecule has 0 unspecified atom stereocenters. The van der Waals surface area contributed by atoms with E-state index < -0.39 is 0 Å². The molecule has 1 nitrogen and oxygen atoms in total. The summed E-state index contributed by atoms with van der Waals surface area (Å²) in [6, 6.07) is 8.26. The highest BCUT2D eigenvalue weighted by Gasteiger charge is 1.88. The molecule has 0 heterocycles. The van der Waals surface area contributed by atoms with E-state index >= 15 is 0 Å². The first kappa shape index (κ1) is 10.5. The van der Waals surface area contributed by atoms with E-state index in [9.17, 15) is 0 Å². The van der Waals surface area contributed by atoms with Crippen LogP contribution in [0.1, 0.15) is 12.0 Å². The maximum atomic E-state index is 8.54. The molecule has 0 amide bonds. The molecule has 2 heteroatoms. The lowest BCUT2D eigenvalue weighted by molar-refractivity contribution is 0.302. The molecule has 0 radical (unpaired) electrons. The summed E-state index contributed by atoms with van der Waals surface area (Å²) in [5.74, 6) is 0. The van der Waals surface area contributed by atoms with Crippen LogP contribution in [-0.4, -0.2) is 11.7 Å². The van der Waals surface area contributed by atoms with E-state index in [0.29, 0.717) is 0 Å². The number of allylic oxidation sites excluding steroid dienone is 1. The van der Waals surface area contributed by atoms with Gasteiger partial charge in [-0.2, -0.15) is 0 Å². The molecule has 0 aliphatic heterocycles. The first-order valence-corrected chi connectivity index (χ1v) is 5.12. The number of halogens is 1. The molecule has 0 aliphatic carbocycles. The van der Waals surface area contributed by atoms with Crippen molar-refractivity contribution in [2.24, 2.45) is 0 Å². The van der Waals surface area contributed by atoms with Gasteiger partial charge >= 0.3 is 0 Å².